The van der Waals surface area contributed by atoms with Crippen molar-refractivity contribution in [3.8, 4) is 0 Å². The molecule has 2 unspecified atom stereocenters. The Labute approximate surface area is 140 Å². The summed E-state index contributed by atoms with van der Waals surface area (Å²) in [6.45, 7) is 5.16. The van der Waals surface area contributed by atoms with Gasteiger partial charge in [-0.15, -0.1) is 0 Å². The van der Waals surface area contributed by atoms with Gasteiger partial charge in [-0.3, -0.25) is 0 Å². The zero-order valence-corrected chi connectivity index (χ0v) is 16.2. The molecule has 0 N–H and O–H groups in total. The van der Waals surface area contributed by atoms with E-state index < -0.39 is 0 Å². The summed E-state index contributed by atoms with van der Waals surface area (Å²) in [6, 6.07) is 9.56. The van der Waals surface area contributed by atoms with E-state index in [2.05, 4.69) is 37.6 Å². The molecule has 1 aromatic carbocycles. The van der Waals surface area contributed by atoms with Crippen LogP contribution < -0.4 is 10.6 Å². The third-order valence-corrected chi connectivity index (χ3v) is 11.6. The molecule has 0 radical (unpaired) electrons. The maximum atomic E-state index is 2.58. The molecule has 0 nitrogen and oxygen atoms in total. The maximum absolute atomic E-state index is 2.58. The van der Waals surface area contributed by atoms with Crippen LogP contribution in [0.5, 0.6) is 0 Å². The van der Waals surface area contributed by atoms with Crippen molar-refractivity contribution < 1.29 is 0 Å². The Kier molecular flexibility index (Phi) is 6.35. The van der Waals surface area contributed by atoms with E-state index in [4.69, 9.17) is 0 Å². The second-order valence-corrected chi connectivity index (χ2v) is 12.2. The normalized spacial score (nSPS) is 24.1. The number of hydrogen-bond donors (Lipinski definition) is 0. The van der Waals surface area contributed by atoms with Crippen LogP contribution in [0.15, 0.2) is 24.3 Å². The fraction of sp³-hybridized carbons (Fsp3) is 0.700. The maximum Gasteiger partial charge on any atom is -0.0164 e. The van der Waals surface area contributed by atoms with E-state index in [0.29, 0.717) is 0 Å². The van der Waals surface area contributed by atoms with Gasteiger partial charge in [0.1, 0.15) is 0 Å². The van der Waals surface area contributed by atoms with Crippen molar-refractivity contribution in [2.24, 2.45) is 0 Å². The summed E-state index contributed by atoms with van der Waals surface area (Å²) in [4.78, 5) is 0. The Morgan fingerprint density at radius 3 is 1.36 bits per heavy atom. The van der Waals surface area contributed by atoms with Gasteiger partial charge >= 0.3 is 0 Å². The zero-order valence-electron chi connectivity index (χ0n) is 14.4. The lowest BCUT2D eigenvalue weighted by Gasteiger charge is -2.34. The first-order chi connectivity index (χ1) is 10.8. The van der Waals surface area contributed by atoms with E-state index in [-0.39, 0.29) is 15.8 Å². The Morgan fingerprint density at radius 2 is 1.00 bits per heavy atom. The van der Waals surface area contributed by atoms with Crippen LogP contribution in [0.2, 0.25) is 0 Å². The third-order valence-electron chi connectivity index (χ3n) is 5.89. The highest BCUT2D eigenvalue weighted by molar-refractivity contribution is 7.72. The van der Waals surface area contributed by atoms with Crippen LogP contribution in [0.3, 0.4) is 0 Å². The van der Waals surface area contributed by atoms with Crippen LogP contribution in [-0.4, -0.2) is 24.6 Å². The Hall–Kier alpha value is 0.0800. The summed E-state index contributed by atoms with van der Waals surface area (Å²) in [5.41, 5.74) is 2.00. The summed E-state index contributed by atoms with van der Waals surface area (Å²) in [5, 5.41) is 3.53. The number of hydrogen-bond acceptors (Lipinski definition) is 0. The molecule has 0 aromatic heterocycles. The fourth-order valence-electron chi connectivity index (χ4n) is 4.39. The molecule has 3 rings (SSSR count). The van der Waals surface area contributed by atoms with Gasteiger partial charge in [0.2, 0.25) is 0 Å². The van der Waals surface area contributed by atoms with E-state index in [1.54, 1.807) is 10.6 Å². The van der Waals surface area contributed by atoms with Crippen LogP contribution in [0.4, 0.5) is 0 Å². The lowest BCUT2D eigenvalue weighted by molar-refractivity contribution is 0.512. The van der Waals surface area contributed by atoms with Gasteiger partial charge in [0.15, 0.2) is 0 Å². The molecule has 2 saturated carbocycles. The first kappa shape index (κ1) is 16.9. The first-order valence-electron chi connectivity index (χ1n) is 9.32. The van der Waals surface area contributed by atoms with E-state index >= 15 is 0 Å². The summed E-state index contributed by atoms with van der Waals surface area (Å²) < 4.78 is 0. The number of rotatable bonds is 4. The smallest absolute Gasteiger partial charge is 0.0164 e. The monoisotopic (exact) mass is 334 g/mol. The second-order valence-electron chi connectivity index (χ2n) is 7.29. The fourth-order valence-corrected chi connectivity index (χ4v) is 9.92. The van der Waals surface area contributed by atoms with Crippen molar-refractivity contribution in [3.63, 3.8) is 0 Å². The molecule has 0 spiro atoms. The van der Waals surface area contributed by atoms with Crippen LogP contribution in [0.1, 0.15) is 64.2 Å². The highest BCUT2D eigenvalue weighted by atomic mass is 31.1. The largest absolute Gasteiger partial charge is 0.0746 e. The lowest BCUT2D eigenvalue weighted by atomic mass is 10.0. The molecule has 2 aliphatic carbocycles. The zero-order chi connectivity index (χ0) is 15.4. The molecule has 0 saturated heterocycles. The van der Waals surface area contributed by atoms with Gasteiger partial charge in [-0.2, -0.15) is 0 Å². The molecule has 22 heavy (non-hydrogen) atoms. The highest BCUT2D eigenvalue weighted by Gasteiger charge is 2.27. The Bertz CT molecular complexity index is 416. The average Bonchev–Trinajstić information content (AvgIpc) is 2.62. The lowest BCUT2D eigenvalue weighted by Crippen LogP contribution is -2.29. The van der Waals surface area contributed by atoms with Crippen molar-refractivity contribution in [2.45, 2.75) is 75.5 Å². The standard InChI is InChI=1S/C20H32P2/c1-21(17-11-5-3-6-12-17)19-15-9-10-16-20(19)22(2)18-13-7-4-8-14-18/h9-10,15-18H,3-8,11-14H2,1-2H3. The topological polar surface area (TPSA) is 0 Å². The van der Waals surface area contributed by atoms with Gasteiger partial charge < -0.3 is 0 Å². The van der Waals surface area contributed by atoms with Crippen molar-refractivity contribution in [1.29, 1.82) is 0 Å². The van der Waals surface area contributed by atoms with E-state index in [9.17, 15) is 0 Å². The molecular formula is C20H32P2. The Morgan fingerprint density at radius 1 is 0.636 bits per heavy atom. The van der Waals surface area contributed by atoms with Crippen LogP contribution in [-0.2, 0) is 0 Å². The van der Waals surface area contributed by atoms with Gasteiger partial charge in [-0.05, 0) is 60.9 Å². The molecule has 0 bridgehead atoms. The Balaban J connectivity index is 1.79. The second kappa shape index (κ2) is 8.26. The summed E-state index contributed by atoms with van der Waals surface area (Å²) in [7, 11) is 0.0962. The SMILES string of the molecule is CP(c1ccccc1P(C)C1CCCCC1)C1CCCCC1. The van der Waals surface area contributed by atoms with E-state index in [0.717, 1.165) is 11.3 Å². The summed E-state index contributed by atoms with van der Waals surface area (Å²) in [6.07, 6.45) is 14.8. The first-order valence-corrected chi connectivity index (χ1v) is 13.0. The minimum atomic E-state index is 0.0481. The molecule has 0 aliphatic heterocycles. The van der Waals surface area contributed by atoms with Gasteiger partial charge in [0.25, 0.3) is 0 Å². The van der Waals surface area contributed by atoms with Gasteiger partial charge in [-0.1, -0.05) is 78.6 Å². The molecule has 1 aromatic rings. The third kappa shape index (κ3) is 3.94. The number of benzene rings is 1. The van der Waals surface area contributed by atoms with Crippen LogP contribution in [0, 0.1) is 0 Å². The van der Waals surface area contributed by atoms with Gasteiger partial charge in [-0.25, -0.2) is 0 Å². The van der Waals surface area contributed by atoms with E-state index in [1.807, 2.05) is 0 Å². The molecule has 2 atom stereocenters. The summed E-state index contributed by atoms with van der Waals surface area (Å²) >= 11 is 0. The molecule has 2 fully saturated rings. The van der Waals surface area contributed by atoms with Crippen molar-refractivity contribution in [2.75, 3.05) is 13.3 Å². The molecule has 0 amide bonds. The minimum absolute atomic E-state index is 0.0481. The van der Waals surface area contributed by atoms with Crippen molar-refractivity contribution >= 4 is 26.5 Å². The van der Waals surface area contributed by atoms with Crippen molar-refractivity contribution in [1.82, 2.24) is 0 Å². The van der Waals surface area contributed by atoms with Crippen LogP contribution >= 0.6 is 15.8 Å². The molecule has 2 aliphatic rings. The molecular weight excluding hydrogens is 302 g/mol. The predicted octanol–water partition coefficient (Wildman–Crippen LogP) is 5.83. The average molecular weight is 334 g/mol. The van der Waals surface area contributed by atoms with Gasteiger partial charge in [0.05, 0.1) is 0 Å². The molecule has 2 heteroatoms. The minimum Gasteiger partial charge on any atom is -0.0746 e. The molecule has 0 heterocycles. The predicted molar refractivity (Wildman–Crippen MR) is 105 cm³/mol. The van der Waals surface area contributed by atoms with Crippen molar-refractivity contribution in [3.05, 3.63) is 24.3 Å². The summed E-state index contributed by atoms with van der Waals surface area (Å²) in [5.74, 6) is 0. The quantitative estimate of drug-likeness (QED) is 0.608. The van der Waals surface area contributed by atoms with Crippen LogP contribution in [0.25, 0.3) is 0 Å². The van der Waals surface area contributed by atoms with Gasteiger partial charge in [0, 0.05) is 0 Å². The van der Waals surface area contributed by atoms with E-state index in [1.165, 1.54) is 64.2 Å². The highest BCUT2D eigenvalue weighted by Crippen LogP contribution is 2.48. The molecule has 122 valence electrons.